The van der Waals surface area contributed by atoms with Gasteiger partial charge in [-0.2, -0.15) is 4.98 Å². The third-order valence-corrected chi connectivity index (χ3v) is 2.71. The molecule has 0 aliphatic heterocycles. The molecule has 2 N–H and O–H groups in total. The molecule has 1 unspecified atom stereocenters. The van der Waals surface area contributed by atoms with Crippen LogP contribution in [0.4, 0.5) is 0 Å². The van der Waals surface area contributed by atoms with E-state index in [1.54, 1.807) is 20.1 Å². The quantitative estimate of drug-likeness (QED) is 0.748. The van der Waals surface area contributed by atoms with E-state index in [-0.39, 0.29) is 6.61 Å². The first-order valence-corrected chi connectivity index (χ1v) is 6.62. The lowest BCUT2D eigenvalue weighted by Gasteiger charge is -2.13. The van der Waals surface area contributed by atoms with Crippen LogP contribution >= 0.6 is 0 Å². The molecule has 0 saturated carbocycles. The summed E-state index contributed by atoms with van der Waals surface area (Å²) in [4.78, 5) is 4.05. The van der Waals surface area contributed by atoms with Crippen LogP contribution in [0.15, 0.2) is 28.8 Å². The number of hydrogen-bond donors (Lipinski definition) is 2. The van der Waals surface area contributed by atoms with E-state index >= 15 is 0 Å². The van der Waals surface area contributed by atoms with Crippen molar-refractivity contribution in [1.29, 1.82) is 0 Å². The summed E-state index contributed by atoms with van der Waals surface area (Å²) in [5, 5.41) is 16.5. The maximum Gasteiger partial charge on any atom is 0.240 e. The summed E-state index contributed by atoms with van der Waals surface area (Å²) in [6, 6.07) is 7.24. The highest BCUT2D eigenvalue weighted by atomic mass is 16.5. The van der Waals surface area contributed by atoms with Gasteiger partial charge in [0.2, 0.25) is 5.89 Å². The van der Waals surface area contributed by atoms with Crippen molar-refractivity contribution in [3.8, 4) is 11.5 Å². The van der Waals surface area contributed by atoms with Crippen LogP contribution in [-0.2, 0) is 6.54 Å². The largest absolute Gasteiger partial charge is 0.497 e. The Bertz CT molecular complexity index is 559. The van der Waals surface area contributed by atoms with Crippen molar-refractivity contribution in [3.05, 3.63) is 36.0 Å². The summed E-state index contributed by atoms with van der Waals surface area (Å²) in [6.45, 7) is 2.72. The fourth-order valence-electron chi connectivity index (χ4n) is 1.70. The number of aromatic nitrogens is 2. The Labute approximate surface area is 122 Å². The molecule has 1 heterocycles. The Hall–Kier alpha value is -2.12. The molecule has 114 valence electrons. The van der Waals surface area contributed by atoms with Crippen LogP contribution in [0.25, 0.3) is 0 Å². The van der Waals surface area contributed by atoms with Crippen LogP contribution in [0.3, 0.4) is 0 Å². The van der Waals surface area contributed by atoms with Crippen molar-refractivity contribution in [2.45, 2.75) is 19.6 Å². The van der Waals surface area contributed by atoms with E-state index in [0.29, 0.717) is 36.3 Å². The van der Waals surface area contributed by atoms with Gasteiger partial charge in [-0.15, -0.1) is 0 Å². The topological polar surface area (TPSA) is 89.6 Å². The number of aliphatic hydroxyl groups excluding tert-OH is 1. The highest BCUT2D eigenvalue weighted by molar-refractivity contribution is 5.32. The Balaban J connectivity index is 1.68. The fourth-order valence-corrected chi connectivity index (χ4v) is 1.70. The molecular weight excluding hydrogens is 274 g/mol. The van der Waals surface area contributed by atoms with Gasteiger partial charge in [0.15, 0.2) is 5.82 Å². The van der Waals surface area contributed by atoms with E-state index in [4.69, 9.17) is 14.0 Å². The molecule has 0 fully saturated rings. The number of nitrogens with zero attached hydrogens (tertiary/aromatic N) is 2. The maximum absolute atomic E-state index is 9.83. The van der Waals surface area contributed by atoms with Crippen molar-refractivity contribution >= 4 is 0 Å². The third kappa shape index (κ3) is 5.05. The summed E-state index contributed by atoms with van der Waals surface area (Å²) in [7, 11) is 1.59. The smallest absolute Gasteiger partial charge is 0.240 e. The molecule has 0 radical (unpaired) electrons. The number of nitrogens with one attached hydrogen (secondary N) is 1. The van der Waals surface area contributed by atoms with E-state index in [0.717, 1.165) is 0 Å². The molecule has 0 spiro atoms. The van der Waals surface area contributed by atoms with Gasteiger partial charge in [0.05, 0.1) is 13.7 Å². The molecule has 1 aromatic carbocycles. The van der Waals surface area contributed by atoms with E-state index in [1.165, 1.54) is 0 Å². The van der Waals surface area contributed by atoms with Crippen molar-refractivity contribution in [3.63, 3.8) is 0 Å². The van der Waals surface area contributed by atoms with Crippen molar-refractivity contribution in [2.75, 3.05) is 20.3 Å². The van der Waals surface area contributed by atoms with Gasteiger partial charge in [-0.3, -0.25) is 0 Å². The fraction of sp³-hybridized carbons (Fsp3) is 0.429. The van der Waals surface area contributed by atoms with Crippen molar-refractivity contribution in [2.24, 2.45) is 0 Å². The van der Waals surface area contributed by atoms with Crippen LogP contribution in [0, 0.1) is 6.92 Å². The van der Waals surface area contributed by atoms with E-state index < -0.39 is 6.10 Å². The van der Waals surface area contributed by atoms with Gasteiger partial charge < -0.3 is 24.4 Å². The summed E-state index contributed by atoms with van der Waals surface area (Å²) in [5.74, 6) is 2.45. The minimum atomic E-state index is -0.639. The van der Waals surface area contributed by atoms with Crippen LogP contribution in [0.1, 0.15) is 11.7 Å². The number of ether oxygens (including phenoxy) is 2. The monoisotopic (exact) mass is 293 g/mol. The molecule has 1 atom stereocenters. The van der Waals surface area contributed by atoms with Gasteiger partial charge in [-0.05, 0) is 19.1 Å². The Morgan fingerprint density at radius 2 is 2.19 bits per heavy atom. The third-order valence-electron chi connectivity index (χ3n) is 2.71. The zero-order valence-electron chi connectivity index (χ0n) is 12.1. The molecule has 7 heteroatoms. The van der Waals surface area contributed by atoms with Gasteiger partial charge in [0.1, 0.15) is 24.2 Å². The average Bonchev–Trinajstić information content (AvgIpc) is 2.91. The molecule has 2 rings (SSSR count). The normalized spacial score (nSPS) is 12.1. The van der Waals surface area contributed by atoms with Gasteiger partial charge >= 0.3 is 0 Å². The Morgan fingerprint density at radius 1 is 1.38 bits per heavy atom. The van der Waals surface area contributed by atoms with Gasteiger partial charge in [-0.1, -0.05) is 11.2 Å². The molecule has 0 aliphatic carbocycles. The second-order valence-electron chi connectivity index (χ2n) is 4.51. The predicted molar refractivity (Wildman–Crippen MR) is 75.2 cm³/mol. The number of aryl methyl sites for hydroxylation is 1. The lowest BCUT2D eigenvalue weighted by molar-refractivity contribution is 0.105. The van der Waals surface area contributed by atoms with Gasteiger partial charge in [-0.25, -0.2) is 0 Å². The number of benzene rings is 1. The molecular formula is C14H19N3O4. The molecule has 1 aromatic heterocycles. The molecule has 0 amide bonds. The molecule has 2 aromatic rings. The summed E-state index contributed by atoms with van der Waals surface area (Å²) >= 11 is 0. The maximum atomic E-state index is 9.83. The minimum Gasteiger partial charge on any atom is -0.497 e. The number of hydrogen-bond acceptors (Lipinski definition) is 7. The molecule has 7 nitrogen and oxygen atoms in total. The molecule has 21 heavy (non-hydrogen) atoms. The predicted octanol–water partition coefficient (Wildman–Crippen LogP) is 0.916. The Morgan fingerprint density at radius 3 is 2.90 bits per heavy atom. The van der Waals surface area contributed by atoms with Crippen molar-refractivity contribution in [1.82, 2.24) is 15.5 Å². The van der Waals surface area contributed by atoms with Crippen LogP contribution in [-0.4, -0.2) is 41.6 Å². The summed E-state index contributed by atoms with van der Waals surface area (Å²) < 4.78 is 15.5. The second kappa shape index (κ2) is 7.61. The SMILES string of the molecule is COc1cccc(OCC(O)CNCc2nc(C)no2)c1. The molecule has 0 aliphatic rings. The van der Waals surface area contributed by atoms with Gasteiger partial charge in [0.25, 0.3) is 0 Å². The summed E-state index contributed by atoms with van der Waals surface area (Å²) in [6.07, 6.45) is -0.639. The lowest BCUT2D eigenvalue weighted by atomic mass is 10.3. The van der Waals surface area contributed by atoms with E-state index in [1.807, 2.05) is 18.2 Å². The average molecular weight is 293 g/mol. The molecule has 0 saturated heterocycles. The van der Waals surface area contributed by atoms with Crippen LogP contribution in [0.5, 0.6) is 11.5 Å². The number of rotatable bonds is 8. The van der Waals surface area contributed by atoms with Gasteiger partial charge in [0, 0.05) is 12.6 Å². The van der Waals surface area contributed by atoms with Crippen molar-refractivity contribution < 1.29 is 19.1 Å². The van der Waals surface area contributed by atoms with E-state index in [2.05, 4.69) is 15.5 Å². The lowest BCUT2D eigenvalue weighted by Crippen LogP contribution is -2.31. The summed E-state index contributed by atoms with van der Waals surface area (Å²) in [5.41, 5.74) is 0. The number of methoxy groups -OCH3 is 1. The molecule has 0 bridgehead atoms. The standard InChI is InChI=1S/C14H19N3O4/c1-10-16-14(21-17-10)8-15-7-11(18)9-20-13-5-3-4-12(6-13)19-2/h3-6,11,15,18H,7-9H2,1-2H3. The van der Waals surface area contributed by atoms with Crippen LogP contribution < -0.4 is 14.8 Å². The van der Waals surface area contributed by atoms with E-state index in [9.17, 15) is 5.11 Å². The highest BCUT2D eigenvalue weighted by Crippen LogP contribution is 2.18. The zero-order valence-corrected chi connectivity index (χ0v) is 12.1. The first-order chi connectivity index (χ1) is 10.2. The minimum absolute atomic E-state index is 0.184. The Kier molecular flexibility index (Phi) is 5.53. The second-order valence-corrected chi connectivity index (χ2v) is 4.51. The first kappa shape index (κ1) is 15.3. The zero-order chi connectivity index (χ0) is 15.1. The van der Waals surface area contributed by atoms with Crippen LogP contribution in [0.2, 0.25) is 0 Å². The highest BCUT2D eigenvalue weighted by Gasteiger charge is 2.07. The number of aliphatic hydroxyl groups is 1. The first-order valence-electron chi connectivity index (χ1n) is 6.62.